The van der Waals surface area contributed by atoms with E-state index in [2.05, 4.69) is 20.6 Å². The molecule has 30 heavy (non-hydrogen) atoms. The Morgan fingerprint density at radius 3 is 2.27 bits per heavy atom. The van der Waals surface area contributed by atoms with E-state index >= 15 is 0 Å². The van der Waals surface area contributed by atoms with Crippen LogP contribution in [0.2, 0.25) is 0 Å². The fourth-order valence-electron chi connectivity index (χ4n) is 2.63. The number of thiazole rings is 1. The maximum absolute atomic E-state index is 12.7. The summed E-state index contributed by atoms with van der Waals surface area (Å²) in [7, 11) is 4.70. The lowest BCUT2D eigenvalue weighted by Crippen LogP contribution is -2.38. The molecule has 1 aromatic carbocycles. The summed E-state index contributed by atoms with van der Waals surface area (Å²) in [6, 6.07) is 3.55. The molecule has 0 aliphatic carbocycles. The van der Waals surface area contributed by atoms with Crippen LogP contribution in [0.3, 0.4) is 0 Å². The van der Waals surface area contributed by atoms with Gasteiger partial charge in [0.25, 0.3) is 0 Å². The molecule has 166 valence electrons. The summed E-state index contributed by atoms with van der Waals surface area (Å²) in [5, 5.41) is 7.50. The smallest absolute Gasteiger partial charge is 0.434 e. The van der Waals surface area contributed by atoms with Crippen LogP contribution in [0.1, 0.15) is 23.2 Å². The average Bonchev–Trinajstić information content (AvgIpc) is 3.21. The number of rotatable bonds is 9. The molecule has 2 rings (SSSR count). The van der Waals surface area contributed by atoms with E-state index in [1.165, 1.54) is 0 Å². The van der Waals surface area contributed by atoms with E-state index in [9.17, 15) is 13.2 Å². The van der Waals surface area contributed by atoms with Gasteiger partial charge in [0.1, 0.15) is 22.3 Å². The molecule has 0 unspecified atom stereocenters. The third-order valence-corrected chi connectivity index (χ3v) is 4.88. The van der Waals surface area contributed by atoms with E-state index in [4.69, 9.17) is 14.2 Å². The van der Waals surface area contributed by atoms with Crippen molar-refractivity contribution >= 4 is 17.3 Å². The largest absolute Gasteiger partial charge is 0.496 e. The first kappa shape index (κ1) is 23.6. The molecule has 0 aliphatic rings. The van der Waals surface area contributed by atoms with Crippen molar-refractivity contribution in [1.82, 2.24) is 15.6 Å². The second-order valence-corrected chi connectivity index (χ2v) is 6.95. The summed E-state index contributed by atoms with van der Waals surface area (Å²) >= 11 is 0.932. The quantitative estimate of drug-likeness (QED) is 0.454. The number of hydrogen-bond acceptors (Lipinski definition) is 6. The van der Waals surface area contributed by atoms with Gasteiger partial charge < -0.3 is 24.8 Å². The van der Waals surface area contributed by atoms with Gasteiger partial charge in [-0.05, 0) is 13.3 Å². The van der Waals surface area contributed by atoms with Gasteiger partial charge in [-0.3, -0.25) is 0 Å². The van der Waals surface area contributed by atoms with Gasteiger partial charge in [-0.1, -0.05) is 0 Å². The summed E-state index contributed by atoms with van der Waals surface area (Å²) in [5.41, 5.74) is -0.0340. The van der Waals surface area contributed by atoms with Gasteiger partial charge in [-0.15, -0.1) is 11.3 Å². The molecule has 7 nitrogen and oxygen atoms in total. The van der Waals surface area contributed by atoms with Crippen LogP contribution >= 0.6 is 11.3 Å². The van der Waals surface area contributed by atoms with Crippen LogP contribution in [0, 0.1) is 0 Å². The number of aliphatic imine (C=N–C) groups is 1. The first-order chi connectivity index (χ1) is 14.3. The zero-order valence-electron chi connectivity index (χ0n) is 17.2. The number of nitrogens with zero attached hydrogens (tertiary/aromatic N) is 2. The van der Waals surface area contributed by atoms with E-state index in [0.717, 1.165) is 22.3 Å². The van der Waals surface area contributed by atoms with Gasteiger partial charge in [-0.25, -0.2) is 9.98 Å². The van der Waals surface area contributed by atoms with Crippen molar-refractivity contribution < 1.29 is 27.4 Å². The van der Waals surface area contributed by atoms with Crippen molar-refractivity contribution in [3.8, 4) is 17.2 Å². The molecule has 1 aromatic heterocycles. The van der Waals surface area contributed by atoms with Gasteiger partial charge in [0.05, 0.1) is 27.9 Å². The maximum atomic E-state index is 12.7. The van der Waals surface area contributed by atoms with Crippen LogP contribution in [0.4, 0.5) is 13.2 Å². The number of methoxy groups -OCH3 is 3. The van der Waals surface area contributed by atoms with E-state index in [-0.39, 0.29) is 11.6 Å². The predicted molar refractivity (Wildman–Crippen MR) is 110 cm³/mol. The Kier molecular flexibility index (Phi) is 8.58. The Morgan fingerprint density at radius 2 is 1.77 bits per heavy atom. The fourth-order valence-corrected chi connectivity index (χ4v) is 3.36. The molecule has 1 heterocycles. The van der Waals surface area contributed by atoms with Gasteiger partial charge in [0, 0.05) is 36.2 Å². The van der Waals surface area contributed by atoms with E-state index in [1.54, 1.807) is 33.5 Å². The van der Waals surface area contributed by atoms with Crippen molar-refractivity contribution in [1.29, 1.82) is 0 Å². The lowest BCUT2D eigenvalue weighted by Gasteiger charge is -2.16. The molecule has 0 bridgehead atoms. The van der Waals surface area contributed by atoms with Crippen molar-refractivity contribution in [3.63, 3.8) is 0 Å². The highest BCUT2D eigenvalue weighted by Gasteiger charge is 2.33. The predicted octanol–water partition coefficient (Wildman–Crippen LogP) is 3.49. The molecule has 0 radical (unpaired) electrons. The molecular formula is C19H25F3N4O3S. The lowest BCUT2D eigenvalue weighted by molar-refractivity contribution is -0.140. The Labute approximate surface area is 177 Å². The minimum atomic E-state index is -4.45. The van der Waals surface area contributed by atoms with Crippen LogP contribution in [0.25, 0.3) is 0 Å². The van der Waals surface area contributed by atoms with Gasteiger partial charge >= 0.3 is 6.18 Å². The molecule has 0 atom stereocenters. The molecule has 2 N–H and O–H groups in total. The molecule has 0 saturated heterocycles. The summed E-state index contributed by atoms with van der Waals surface area (Å²) in [4.78, 5) is 7.90. The van der Waals surface area contributed by atoms with E-state index in [0.29, 0.717) is 42.7 Å². The molecule has 0 aliphatic heterocycles. The number of alkyl halides is 3. The lowest BCUT2D eigenvalue weighted by atomic mass is 10.1. The molecule has 0 amide bonds. The number of ether oxygens (including phenoxy) is 3. The van der Waals surface area contributed by atoms with Crippen LogP contribution < -0.4 is 24.8 Å². The number of aromatic nitrogens is 1. The highest BCUT2D eigenvalue weighted by Crippen LogP contribution is 2.34. The van der Waals surface area contributed by atoms with Crippen LogP contribution in [-0.2, 0) is 19.1 Å². The second kappa shape index (κ2) is 10.9. The molecule has 11 heteroatoms. The number of guanidine groups is 1. The summed E-state index contributed by atoms with van der Waals surface area (Å²) in [6.07, 6.45) is -3.88. The van der Waals surface area contributed by atoms with Crippen LogP contribution in [-0.4, -0.2) is 45.4 Å². The minimum Gasteiger partial charge on any atom is -0.496 e. The van der Waals surface area contributed by atoms with Crippen molar-refractivity contribution in [3.05, 3.63) is 33.8 Å². The van der Waals surface area contributed by atoms with Crippen LogP contribution in [0.15, 0.2) is 22.5 Å². The third kappa shape index (κ3) is 6.41. The first-order valence-corrected chi connectivity index (χ1v) is 10.0. The Hall–Kier alpha value is -2.69. The Morgan fingerprint density at radius 1 is 1.10 bits per heavy atom. The Bertz CT molecular complexity index is 831. The third-order valence-electron chi connectivity index (χ3n) is 4.04. The maximum Gasteiger partial charge on any atom is 0.434 e. The van der Waals surface area contributed by atoms with Crippen molar-refractivity contribution in [2.24, 2.45) is 4.99 Å². The van der Waals surface area contributed by atoms with E-state index < -0.39 is 11.9 Å². The standard InChI is InChI=1S/C19H25F3N4O3S/c1-5-23-18(25-10-17-26-16(11-30-17)19(20,21)22)24-7-6-13-14(28-3)8-12(27-2)9-15(13)29-4/h8-9,11H,5-7,10H2,1-4H3,(H2,23,24,25). The number of benzene rings is 1. The zero-order chi connectivity index (χ0) is 22.1. The zero-order valence-corrected chi connectivity index (χ0v) is 18.0. The Balaban J connectivity index is 2.04. The molecule has 2 aromatic rings. The second-order valence-electron chi connectivity index (χ2n) is 6.01. The summed E-state index contributed by atoms with van der Waals surface area (Å²) < 4.78 is 54.1. The summed E-state index contributed by atoms with van der Waals surface area (Å²) in [6.45, 7) is 3.05. The van der Waals surface area contributed by atoms with Gasteiger partial charge in [-0.2, -0.15) is 13.2 Å². The number of hydrogen-bond donors (Lipinski definition) is 2. The SMILES string of the molecule is CCNC(=NCc1nc(C(F)(F)F)cs1)NCCc1c(OC)cc(OC)cc1OC. The summed E-state index contributed by atoms with van der Waals surface area (Å²) in [5.74, 6) is 2.37. The van der Waals surface area contributed by atoms with Gasteiger partial charge in [0.2, 0.25) is 0 Å². The van der Waals surface area contributed by atoms with Crippen molar-refractivity contribution in [2.45, 2.75) is 26.1 Å². The highest BCUT2D eigenvalue weighted by molar-refractivity contribution is 7.09. The van der Waals surface area contributed by atoms with Gasteiger partial charge in [0.15, 0.2) is 11.7 Å². The normalized spacial score (nSPS) is 11.9. The average molecular weight is 446 g/mol. The number of halogens is 3. The topological polar surface area (TPSA) is 77.0 Å². The number of nitrogens with one attached hydrogen (secondary N) is 2. The van der Waals surface area contributed by atoms with Crippen molar-refractivity contribution in [2.75, 3.05) is 34.4 Å². The molecule has 0 fully saturated rings. The highest BCUT2D eigenvalue weighted by atomic mass is 32.1. The fraction of sp³-hybridized carbons (Fsp3) is 0.474. The monoisotopic (exact) mass is 446 g/mol. The molecule has 0 spiro atoms. The van der Waals surface area contributed by atoms with Crippen LogP contribution in [0.5, 0.6) is 17.2 Å². The molecular weight excluding hydrogens is 421 g/mol. The molecule has 0 saturated carbocycles. The first-order valence-electron chi connectivity index (χ1n) is 9.15. The minimum absolute atomic E-state index is 0.0469. The van der Waals surface area contributed by atoms with E-state index in [1.807, 2.05) is 6.92 Å².